The molecule has 3 N–H and O–H groups in total. The van der Waals surface area contributed by atoms with Gasteiger partial charge in [-0.15, -0.1) is 11.8 Å². The van der Waals surface area contributed by atoms with Gasteiger partial charge in [0, 0.05) is 28.5 Å². The summed E-state index contributed by atoms with van der Waals surface area (Å²) < 4.78 is 4.83. The topological polar surface area (TPSA) is 55.5 Å². The summed E-state index contributed by atoms with van der Waals surface area (Å²) in [5.41, 5.74) is 6.43. The van der Waals surface area contributed by atoms with Crippen LogP contribution in [0, 0.1) is 0 Å². The van der Waals surface area contributed by atoms with Crippen molar-refractivity contribution in [2.45, 2.75) is 11.0 Å². The van der Waals surface area contributed by atoms with E-state index < -0.39 is 6.10 Å². The number of aliphatic hydroxyl groups is 1. The van der Waals surface area contributed by atoms with E-state index in [0.29, 0.717) is 23.1 Å². The fourth-order valence-electron chi connectivity index (χ4n) is 1.06. The summed E-state index contributed by atoms with van der Waals surface area (Å²) in [5.74, 6) is 0.540. The highest BCUT2D eigenvalue weighted by atomic mass is 35.5. The van der Waals surface area contributed by atoms with Crippen LogP contribution in [0.2, 0.25) is 5.02 Å². The van der Waals surface area contributed by atoms with E-state index in [1.165, 1.54) is 11.8 Å². The highest BCUT2D eigenvalue weighted by molar-refractivity contribution is 7.99. The van der Waals surface area contributed by atoms with Gasteiger partial charge in [-0.1, -0.05) is 11.6 Å². The van der Waals surface area contributed by atoms with Crippen molar-refractivity contribution < 1.29 is 9.84 Å². The van der Waals surface area contributed by atoms with Gasteiger partial charge in [0.25, 0.3) is 0 Å². The molecule has 1 atom stereocenters. The Morgan fingerprint density at radius 1 is 1.60 bits per heavy atom. The summed E-state index contributed by atoms with van der Waals surface area (Å²) in [5, 5.41) is 10.1. The molecule has 0 aliphatic rings. The number of benzene rings is 1. The van der Waals surface area contributed by atoms with Crippen molar-refractivity contribution in [1.82, 2.24) is 0 Å². The number of aliphatic hydroxyl groups excluding tert-OH is 1. The summed E-state index contributed by atoms with van der Waals surface area (Å²) in [6.07, 6.45) is -0.488. The molecular weight excluding hydrogens is 234 g/mol. The summed E-state index contributed by atoms with van der Waals surface area (Å²) in [6, 6.07) is 5.29. The maximum Gasteiger partial charge on any atom is 0.0867 e. The lowest BCUT2D eigenvalue weighted by Crippen LogP contribution is -2.16. The lowest BCUT2D eigenvalue weighted by molar-refractivity contribution is 0.0794. The lowest BCUT2D eigenvalue weighted by Gasteiger charge is -2.10. The Hall–Kier alpha value is -0.420. The SMILES string of the molecule is COCC(O)CSc1cc(Cl)ccc1N. The van der Waals surface area contributed by atoms with Crippen LogP contribution in [-0.4, -0.2) is 30.7 Å². The zero-order valence-corrected chi connectivity index (χ0v) is 10.0. The molecule has 0 bridgehead atoms. The maximum absolute atomic E-state index is 9.45. The second kappa shape index (κ2) is 6.23. The largest absolute Gasteiger partial charge is 0.398 e. The van der Waals surface area contributed by atoms with E-state index >= 15 is 0 Å². The van der Waals surface area contributed by atoms with Gasteiger partial charge in [-0.3, -0.25) is 0 Å². The first kappa shape index (κ1) is 12.6. The molecule has 3 nitrogen and oxygen atoms in total. The average molecular weight is 248 g/mol. The fourth-order valence-corrected chi connectivity index (χ4v) is 2.21. The third-order valence-electron chi connectivity index (χ3n) is 1.77. The first-order valence-electron chi connectivity index (χ1n) is 4.48. The second-order valence-corrected chi connectivity index (χ2v) is 4.60. The second-order valence-electron chi connectivity index (χ2n) is 3.10. The molecule has 5 heteroatoms. The van der Waals surface area contributed by atoms with Crippen LogP contribution in [0.15, 0.2) is 23.1 Å². The van der Waals surface area contributed by atoms with E-state index in [0.717, 1.165) is 4.90 Å². The number of nitrogen functional groups attached to an aromatic ring is 1. The molecule has 0 aliphatic carbocycles. The van der Waals surface area contributed by atoms with Gasteiger partial charge in [-0.25, -0.2) is 0 Å². The minimum atomic E-state index is -0.488. The normalized spacial score (nSPS) is 12.7. The van der Waals surface area contributed by atoms with E-state index in [-0.39, 0.29) is 0 Å². The van der Waals surface area contributed by atoms with Crippen molar-refractivity contribution in [3.05, 3.63) is 23.2 Å². The number of methoxy groups -OCH3 is 1. The number of thioether (sulfide) groups is 1. The van der Waals surface area contributed by atoms with Gasteiger partial charge >= 0.3 is 0 Å². The van der Waals surface area contributed by atoms with Gasteiger partial charge in [0.15, 0.2) is 0 Å². The number of hydrogen-bond donors (Lipinski definition) is 2. The third-order valence-corrected chi connectivity index (χ3v) is 3.22. The Labute approximate surface area is 98.6 Å². The van der Waals surface area contributed by atoms with Gasteiger partial charge < -0.3 is 15.6 Å². The van der Waals surface area contributed by atoms with Gasteiger partial charge in [-0.2, -0.15) is 0 Å². The van der Waals surface area contributed by atoms with Crippen LogP contribution in [0.25, 0.3) is 0 Å². The van der Waals surface area contributed by atoms with Crippen LogP contribution in [0.5, 0.6) is 0 Å². The Bertz CT molecular complexity index is 322. The van der Waals surface area contributed by atoms with Crippen LogP contribution >= 0.6 is 23.4 Å². The van der Waals surface area contributed by atoms with Crippen molar-refractivity contribution in [1.29, 1.82) is 0 Å². The van der Waals surface area contributed by atoms with Crippen molar-refractivity contribution in [3.8, 4) is 0 Å². The quantitative estimate of drug-likeness (QED) is 0.618. The molecule has 0 spiro atoms. The third kappa shape index (κ3) is 4.30. The number of rotatable bonds is 5. The minimum absolute atomic E-state index is 0.327. The summed E-state index contributed by atoms with van der Waals surface area (Å²) in [6.45, 7) is 0.327. The summed E-state index contributed by atoms with van der Waals surface area (Å²) in [4.78, 5) is 0.887. The Kier molecular flexibility index (Phi) is 5.25. The molecule has 1 aromatic rings. The number of ether oxygens (including phenoxy) is 1. The molecule has 0 aliphatic heterocycles. The summed E-state index contributed by atoms with van der Waals surface area (Å²) in [7, 11) is 1.56. The van der Waals surface area contributed by atoms with Crippen LogP contribution in [-0.2, 0) is 4.74 Å². The van der Waals surface area contributed by atoms with Gasteiger partial charge in [0.2, 0.25) is 0 Å². The molecule has 1 aromatic carbocycles. The van der Waals surface area contributed by atoms with E-state index in [1.54, 1.807) is 25.3 Å². The summed E-state index contributed by atoms with van der Waals surface area (Å²) >= 11 is 7.31. The number of halogens is 1. The molecule has 0 heterocycles. The number of anilines is 1. The van der Waals surface area contributed by atoms with Crippen LogP contribution < -0.4 is 5.73 Å². The smallest absolute Gasteiger partial charge is 0.0867 e. The Morgan fingerprint density at radius 3 is 3.00 bits per heavy atom. The first-order chi connectivity index (χ1) is 7.13. The molecule has 84 valence electrons. The van der Waals surface area contributed by atoms with E-state index in [1.807, 2.05) is 0 Å². The van der Waals surface area contributed by atoms with Gasteiger partial charge in [0.05, 0.1) is 12.7 Å². The molecule has 0 saturated carbocycles. The molecule has 0 aromatic heterocycles. The van der Waals surface area contributed by atoms with Crippen LogP contribution in [0.4, 0.5) is 5.69 Å². The minimum Gasteiger partial charge on any atom is -0.398 e. The van der Waals surface area contributed by atoms with Crippen molar-refractivity contribution >= 4 is 29.1 Å². The first-order valence-corrected chi connectivity index (χ1v) is 5.84. The Morgan fingerprint density at radius 2 is 2.33 bits per heavy atom. The van der Waals surface area contributed by atoms with Crippen molar-refractivity contribution in [2.24, 2.45) is 0 Å². The van der Waals surface area contributed by atoms with Gasteiger partial charge in [0.1, 0.15) is 0 Å². The highest BCUT2D eigenvalue weighted by Gasteiger charge is 2.06. The molecular formula is C10H14ClNO2S. The fraction of sp³-hybridized carbons (Fsp3) is 0.400. The Balaban J connectivity index is 2.53. The number of hydrogen-bond acceptors (Lipinski definition) is 4. The van der Waals surface area contributed by atoms with Crippen LogP contribution in [0.1, 0.15) is 0 Å². The molecule has 15 heavy (non-hydrogen) atoms. The van der Waals surface area contributed by atoms with E-state index in [2.05, 4.69) is 0 Å². The van der Waals surface area contributed by atoms with Crippen LogP contribution in [0.3, 0.4) is 0 Å². The van der Waals surface area contributed by atoms with Gasteiger partial charge in [-0.05, 0) is 18.2 Å². The highest BCUT2D eigenvalue weighted by Crippen LogP contribution is 2.28. The molecule has 1 unspecified atom stereocenters. The molecule has 0 saturated heterocycles. The molecule has 1 rings (SSSR count). The standard InChI is InChI=1S/C10H14ClNO2S/c1-14-5-8(13)6-15-10-4-7(11)2-3-9(10)12/h2-4,8,13H,5-6,12H2,1H3. The lowest BCUT2D eigenvalue weighted by atomic mass is 10.3. The maximum atomic E-state index is 9.45. The van der Waals surface area contributed by atoms with E-state index in [4.69, 9.17) is 22.1 Å². The average Bonchev–Trinajstić information content (AvgIpc) is 2.20. The molecule has 0 amide bonds. The van der Waals surface area contributed by atoms with Crippen molar-refractivity contribution in [3.63, 3.8) is 0 Å². The number of nitrogens with two attached hydrogens (primary N) is 1. The zero-order chi connectivity index (χ0) is 11.3. The van der Waals surface area contributed by atoms with Crippen molar-refractivity contribution in [2.75, 3.05) is 25.2 Å². The van der Waals surface area contributed by atoms with E-state index in [9.17, 15) is 5.11 Å². The predicted molar refractivity (Wildman–Crippen MR) is 64.5 cm³/mol. The molecule has 0 fully saturated rings. The zero-order valence-electron chi connectivity index (χ0n) is 8.44. The molecule has 0 radical (unpaired) electrons. The predicted octanol–water partition coefficient (Wildman–Crippen LogP) is 2.02. The monoisotopic (exact) mass is 247 g/mol.